The Bertz CT molecular complexity index is 704. The van der Waals surface area contributed by atoms with E-state index in [2.05, 4.69) is 46.3 Å². The molecule has 1 heterocycles. The van der Waals surface area contributed by atoms with E-state index in [4.69, 9.17) is 0 Å². The van der Waals surface area contributed by atoms with Gasteiger partial charge in [-0.25, -0.2) is 9.97 Å². The Morgan fingerprint density at radius 1 is 1.12 bits per heavy atom. The number of nitrogens with zero attached hydrogens (tertiary/aromatic N) is 3. The van der Waals surface area contributed by atoms with Crippen molar-refractivity contribution in [3.8, 4) is 0 Å². The molecule has 0 saturated heterocycles. The Kier molecular flexibility index (Phi) is 6.09. The molecule has 0 fully saturated rings. The number of amides is 1. The lowest BCUT2D eigenvalue weighted by Crippen LogP contribution is -2.21. The third-order valence-corrected chi connectivity index (χ3v) is 3.77. The van der Waals surface area contributed by atoms with Crippen LogP contribution in [-0.2, 0) is 5.41 Å². The highest BCUT2D eigenvalue weighted by molar-refractivity contribution is 6.03. The highest BCUT2D eigenvalue weighted by atomic mass is 16.1. The molecule has 0 radical (unpaired) electrons. The molecule has 2 aromatic rings. The van der Waals surface area contributed by atoms with E-state index in [1.165, 1.54) is 11.9 Å². The molecule has 134 valence electrons. The van der Waals surface area contributed by atoms with E-state index >= 15 is 0 Å². The normalized spacial score (nSPS) is 11.4. The van der Waals surface area contributed by atoms with Gasteiger partial charge in [-0.15, -0.1) is 0 Å². The van der Waals surface area contributed by atoms with Crippen LogP contribution in [0.4, 0.5) is 11.5 Å². The van der Waals surface area contributed by atoms with Crippen LogP contribution in [0.25, 0.3) is 0 Å². The number of likely N-dealkylation sites (N-methyl/N-ethyl adjacent to an activating group) is 1. The number of hydrogen-bond donors (Lipinski definition) is 2. The highest BCUT2D eigenvalue weighted by Gasteiger charge is 2.14. The van der Waals surface area contributed by atoms with Crippen LogP contribution in [0, 0.1) is 0 Å². The Morgan fingerprint density at radius 3 is 2.40 bits per heavy atom. The predicted molar refractivity (Wildman–Crippen MR) is 102 cm³/mol. The van der Waals surface area contributed by atoms with E-state index in [1.54, 1.807) is 6.07 Å². The van der Waals surface area contributed by atoms with Crippen molar-refractivity contribution in [2.24, 2.45) is 0 Å². The Morgan fingerprint density at radius 2 is 1.80 bits per heavy atom. The van der Waals surface area contributed by atoms with E-state index in [1.807, 2.05) is 38.4 Å². The van der Waals surface area contributed by atoms with E-state index in [9.17, 15) is 4.79 Å². The van der Waals surface area contributed by atoms with Gasteiger partial charge in [0.2, 0.25) is 0 Å². The van der Waals surface area contributed by atoms with Crippen LogP contribution in [0.3, 0.4) is 0 Å². The van der Waals surface area contributed by atoms with Gasteiger partial charge in [0.25, 0.3) is 5.91 Å². The van der Waals surface area contributed by atoms with Gasteiger partial charge >= 0.3 is 0 Å². The van der Waals surface area contributed by atoms with Gasteiger partial charge in [0.1, 0.15) is 17.8 Å². The summed E-state index contributed by atoms with van der Waals surface area (Å²) in [5.74, 6) is 0.395. The zero-order valence-corrected chi connectivity index (χ0v) is 15.6. The van der Waals surface area contributed by atoms with Crippen molar-refractivity contribution in [2.75, 3.05) is 37.8 Å². The van der Waals surface area contributed by atoms with Crippen LogP contribution < -0.4 is 10.6 Å². The number of carbonyl (C=O) groups is 1. The molecule has 1 amide bonds. The number of hydrogen-bond acceptors (Lipinski definition) is 5. The molecule has 6 nitrogen and oxygen atoms in total. The first kappa shape index (κ1) is 18.9. The summed E-state index contributed by atoms with van der Waals surface area (Å²) >= 11 is 0. The molecule has 0 aliphatic rings. The van der Waals surface area contributed by atoms with Crippen molar-refractivity contribution in [1.82, 2.24) is 14.9 Å². The number of carbonyl (C=O) groups excluding carboxylic acids is 1. The summed E-state index contributed by atoms with van der Waals surface area (Å²) in [6.45, 7) is 8.11. The molecular formula is C19H27N5O. The van der Waals surface area contributed by atoms with Crippen molar-refractivity contribution in [1.29, 1.82) is 0 Å². The molecule has 6 heteroatoms. The second-order valence-corrected chi connectivity index (χ2v) is 7.30. The van der Waals surface area contributed by atoms with Crippen molar-refractivity contribution in [3.63, 3.8) is 0 Å². The van der Waals surface area contributed by atoms with Crippen LogP contribution in [-0.4, -0.2) is 48.0 Å². The molecule has 0 saturated carbocycles. The van der Waals surface area contributed by atoms with Gasteiger partial charge in [-0.1, -0.05) is 32.9 Å². The van der Waals surface area contributed by atoms with Gasteiger partial charge in [-0.05, 0) is 37.2 Å². The molecule has 0 atom stereocenters. The summed E-state index contributed by atoms with van der Waals surface area (Å²) in [6, 6.07) is 9.55. The van der Waals surface area contributed by atoms with E-state index in [-0.39, 0.29) is 11.3 Å². The average Bonchev–Trinajstić information content (AvgIpc) is 2.54. The first-order valence-corrected chi connectivity index (χ1v) is 8.38. The van der Waals surface area contributed by atoms with Crippen LogP contribution in [0.15, 0.2) is 36.7 Å². The van der Waals surface area contributed by atoms with Crippen LogP contribution in [0.1, 0.15) is 36.8 Å². The van der Waals surface area contributed by atoms with Crippen LogP contribution in [0.5, 0.6) is 0 Å². The van der Waals surface area contributed by atoms with Gasteiger partial charge < -0.3 is 15.5 Å². The fraction of sp³-hybridized carbons (Fsp3) is 0.421. The second kappa shape index (κ2) is 8.07. The number of benzene rings is 1. The quantitative estimate of drug-likeness (QED) is 0.845. The van der Waals surface area contributed by atoms with Crippen LogP contribution >= 0.6 is 0 Å². The molecular weight excluding hydrogens is 314 g/mol. The van der Waals surface area contributed by atoms with Gasteiger partial charge in [-0.3, -0.25) is 4.79 Å². The van der Waals surface area contributed by atoms with Crippen molar-refractivity contribution < 1.29 is 4.79 Å². The first-order chi connectivity index (χ1) is 11.8. The summed E-state index contributed by atoms with van der Waals surface area (Å²) in [4.78, 5) is 22.7. The monoisotopic (exact) mass is 341 g/mol. The third kappa shape index (κ3) is 5.83. The molecule has 2 N–H and O–H groups in total. The summed E-state index contributed by atoms with van der Waals surface area (Å²) in [7, 11) is 4.01. The van der Waals surface area contributed by atoms with E-state index in [0.29, 0.717) is 11.5 Å². The maximum Gasteiger partial charge on any atom is 0.274 e. The molecule has 0 aliphatic heterocycles. The molecule has 0 aliphatic carbocycles. The first-order valence-electron chi connectivity index (χ1n) is 8.38. The minimum atomic E-state index is -0.249. The average molecular weight is 341 g/mol. The highest BCUT2D eigenvalue weighted by Crippen LogP contribution is 2.23. The SMILES string of the molecule is CN(C)CCNc1cc(C(=O)Nc2ccc(C(C)(C)C)cc2)ncn1. The van der Waals surface area contributed by atoms with Gasteiger partial charge in [0.05, 0.1) is 0 Å². The van der Waals surface area contributed by atoms with E-state index < -0.39 is 0 Å². The summed E-state index contributed by atoms with van der Waals surface area (Å²) < 4.78 is 0. The molecule has 1 aromatic heterocycles. The maximum absolute atomic E-state index is 12.4. The lowest BCUT2D eigenvalue weighted by molar-refractivity contribution is 0.102. The minimum absolute atomic E-state index is 0.0856. The predicted octanol–water partition coefficient (Wildman–Crippen LogP) is 3.00. The lowest BCUT2D eigenvalue weighted by Gasteiger charge is -2.19. The summed E-state index contributed by atoms with van der Waals surface area (Å²) in [5, 5.41) is 6.06. The van der Waals surface area contributed by atoms with Crippen molar-refractivity contribution in [2.45, 2.75) is 26.2 Å². The minimum Gasteiger partial charge on any atom is -0.369 e. The fourth-order valence-electron chi connectivity index (χ4n) is 2.23. The molecule has 0 bridgehead atoms. The largest absolute Gasteiger partial charge is 0.369 e. The Labute approximate surface area is 149 Å². The lowest BCUT2D eigenvalue weighted by atomic mass is 9.87. The third-order valence-electron chi connectivity index (χ3n) is 3.77. The van der Waals surface area contributed by atoms with Gasteiger partial charge in [0.15, 0.2) is 0 Å². The number of rotatable bonds is 6. The summed E-state index contributed by atoms with van der Waals surface area (Å²) in [5.41, 5.74) is 2.39. The number of aromatic nitrogens is 2. The molecule has 0 spiro atoms. The number of anilines is 2. The second-order valence-electron chi connectivity index (χ2n) is 7.30. The topological polar surface area (TPSA) is 70.2 Å². The van der Waals surface area contributed by atoms with Gasteiger partial charge in [-0.2, -0.15) is 0 Å². The van der Waals surface area contributed by atoms with Crippen molar-refractivity contribution in [3.05, 3.63) is 47.9 Å². The van der Waals surface area contributed by atoms with E-state index in [0.717, 1.165) is 18.8 Å². The molecule has 25 heavy (non-hydrogen) atoms. The molecule has 2 rings (SSSR count). The maximum atomic E-state index is 12.4. The smallest absolute Gasteiger partial charge is 0.274 e. The zero-order chi connectivity index (χ0) is 18.4. The number of nitrogens with one attached hydrogen (secondary N) is 2. The summed E-state index contributed by atoms with van der Waals surface area (Å²) in [6.07, 6.45) is 1.40. The fourth-order valence-corrected chi connectivity index (χ4v) is 2.23. The Balaban J connectivity index is 2.00. The molecule has 1 aromatic carbocycles. The molecule has 0 unspecified atom stereocenters. The van der Waals surface area contributed by atoms with Crippen LogP contribution in [0.2, 0.25) is 0 Å². The van der Waals surface area contributed by atoms with Crippen molar-refractivity contribution >= 4 is 17.4 Å². The van der Waals surface area contributed by atoms with Gasteiger partial charge in [0, 0.05) is 24.8 Å². The zero-order valence-electron chi connectivity index (χ0n) is 15.6. The standard InChI is InChI=1S/C19H27N5O/c1-19(2,3)14-6-8-15(9-7-14)23-18(25)16-12-17(22-13-21-16)20-10-11-24(4)5/h6-9,12-13H,10-11H2,1-5H3,(H,23,25)(H,20,21,22). The Hall–Kier alpha value is -2.47.